The molecule has 11 heteroatoms. The van der Waals surface area contributed by atoms with Gasteiger partial charge in [0.05, 0.1) is 39.0 Å². The Hall–Kier alpha value is -4.25. The van der Waals surface area contributed by atoms with Crippen LogP contribution in [0.1, 0.15) is 18.1 Å². The fourth-order valence-electron chi connectivity index (χ4n) is 3.45. The lowest BCUT2D eigenvalue weighted by molar-refractivity contribution is -0.119. The number of carbonyl (C=O) groups is 1. The lowest BCUT2D eigenvalue weighted by Crippen LogP contribution is -2.39. The average molecular weight is 542 g/mol. The van der Waals surface area contributed by atoms with Crippen LogP contribution in [-0.2, 0) is 21.4 Å². The number of ether oxygens (including phenoxy) is 4. The zero-order valence-electron chi connectivity index (χ0n) is 21.7. The maximum atomic E-state index is 12.6. The average Bonchev–Trinajstić information content (AvgIpc) is 2.91. The fourth-order valence-corrected chi connectivity index (χ4v) is 4.30. The number of nitrogens with one attached hydrogen (secondary N) is 1. The van der Waals surface area contributed by atoms with Crippen LogP contribution in [0, 0.1) is 0 Å². The molecular formula is C27H31N3O7S. The first-order valence-electron chi connectivity index (χ1n) is 11.7. The first kappa shape index (κ1) is 28.3. The highest BCUT2D eigenvalue weighted by molar-refractivity contribution is 7.92. The second kappa shape index (κ2) is 13.3. The Balaban J connectivity index is 1.70. The summed E-state index contributed by atoms with van der Waals surface area (Å²) in [6.07, 6.45) is 2.43. The molecule has 0 aliphatic carbocycles. The predicted octanol–water partition coefficient (Wildman–Crippen LogP) is 3.60. The van der Waals surface area contributed by atoms with Gasteiger partial charge in [-0.25, -0.2) is 13.8 Å². The molecular weight excluding hydrogens is 510 g/mol. The minimum atomic E-state index is -3.84. The zero-order chi connectivity index (χ0) is 27.5. The normalized spacial score (nSPS) is 11.2. The van der Waals surface area contributed by atoms with Crippen molar-refractivity contribution in [3.8, 4) is 23.0 Å². The van der Waals surface area contributed by atoms with Crippen molar-refractivity contribution in [2.45, 2.75) is 13.5 Å². The summed E-state index contributed by atoms with van der Waals surface area (Å²) in [5, 5.41) is 3.97. The number of amides is 1. The van der Waals surface area contributed by atoms with Crippen LogP contribution in [0.2, 0.25) is 0 Å². The first-order valence-corrected chi connectivity index (χ1v) is 13.5. The molecule has 0 unspecified atom stereocenters. The van der Waals surface area contributed by atoms with E-state index >= 15 is 0 Å². The standard InChI is InChI=1S/C27H31N3O7S/c1-5-36-26-15-21(11-13-25(26)37-19-20-9-7-6-8-10-20)17-28-29-27(31)18-30(38(4,32)33)23-16-22(34-2)12-14-24(23)35-3/h6-17H,5,18-19H2,1-4H3,(H,29,31)/b28-17-. The SMILES string of the molecule is CCOc1cc(/C=N\NC(=O)CN(c2cc(OC)ccc2OC)S(C)(=O)=O)ccc1OCc1ccccc1. The van der Waals surface area contributed by atoms with E-state index in [1.54, 1.807) is 30.3 Å². The largest absolute Gasteiger partial charge is 0.497 e. The van der Waals surface area contributed by atoms with E-state index in [1.165, 1.54) is 26.5 Å². The Labute approximate surface area is 222 Å². The van der Waals surface area contributed by atoms with Gasteiger partial charge >= 0.3 is 0 Å². The van der Waals surface area contributed by atoms with E-state index < -0.39 is 22.5 Å². The molecule has 38 heavy (non-hydrogen) atoms. The van der Waals surface area contributed by atoms with Crippen LogP contribution >= 0.6 is 0 Å². The molecule has 3 aromatic rings. The van der Waals surface area contributed by atoms with E-state index in [9.17, 15) is 13.2 Å². The van der Waals surface area contributed by atoms with Gasteiger partial charge in [0.2, 0.25) is 10.0 Å². The molecule has 0 fully saturated rings. The molecule has 3 rings (SSSR count). The Kier molecular flexibility index (Phi) is 9.94. The van der Waals surface area contributed by atoms with E-state index in [2.05, 4.69) is 10.5 Å². The van der Waals surface area contributed by atoms with Crippen molar-refractivity contribution in [2.75, 3.05) is 37.9 Å². The van der Waals surface area contributed by atoms with Gasteiger partial charge in [0.15, 0.2) is 11.5 Å². The molecule has 0 saturated carbocycles. The van der Waals surface area contributed by atoms with Crippen molar-refractivity contribution in [1.82, 2.24) is 5.43 Å². The molecule has 0 spiro atoms. The minimum Gasteiger partial charge on any atom is -0.497 e. The lowest BCUT2D eigenvalue weighted by Gasteiger charge is -2.23. The van der Waals surface area contributed by atoms with Crippen LogP contribution < -0.4 is 28.7 Å². The quantitative estimate of drug-likeness (QED) is 0.260. The number of nitrogens with zero attached hydrogens (tertiary/aromatic N) is 2. The summed E-state index contributed by atoms with van der Waals surface area (Å²) in [5.41, 5.74) is 4.20. The van der Waals surface area contributed by atoms with Crippen molar-refractivity contribution in [2.24, 2.45) is 5.10 Å². The predicted molar refractivity (Wildman–Crippen MR) is 146 cm³/mol. The molecule has 1 amide bonds. The summed E-state index contributed by atoms with van der Waals surface area (Å²) >= 11 is 0. The fraction of sp³-hybridized carbons (Fsp3) is 0.259. The van der Waals surface area contributed by atoms with E-state index in [0.29, 0.717) is 36.0 Å². The molecule has 0 radical (unpaired) electrons. The molecule has 10 nitrogen and oxygen atoms in total. The number of methoxy groups -OCH3 is 2. The van der Waals surface area contributed by atoms with Crippen molar-refractivity contribution < 1.29 is 32.2 Å². The minimum absolute atomic E-state index is 0.168. The summed E-state index contributed by atoms with van der Waals surface area (Å²) < 4.78 is 48.0. The van der Waals surface area contributed by atoms with Crippen LogP contribution in [-0.4, -0.2) is 54.2 Å². The topological polar surface area (TPSA) is 116 Å². The van der Waals surface area contributed by atoms with Gasteiger partial charge in [-0.3, -0.25) is 9.10 Å². The van der Waals surface area contributed by atoms with Gasteiger partial charge < -0.3 is 18.9 Å². The summed E-state index contributed by atoms with van der Waals surface area (Å²) in [6, 6.07) is 19.7. The number of carbonyl (C=O) groups excluding carboxylic acids is 1. The third-order valence-corrected chi connectivity index (χ3v) is 6.38. The lowest BCUT2D eigenvalue weighted by atomic mass is 10.2. The van der Waals surface area contributed by atoms with Gasteiger partial charge in [-0.05, 0) is 48.4 Å². The van der Waals surface area contributed by atoms with E-state index in [1.807, 2.05) is 37.3 Å². The van der Waals surface area contributed by atoms with Gasteiger partial charge in [0.25, 0.3) is 5.91 Å². The number of hydrazone groups is 1. The molecule has 0 aliphatic heterocycles. The Bertz CT molecular complexity index is 1360. The maximum absolute atomic E-state index is 12.6. The monoisotopic (exact) mass is 541 g/mol. The number of hydrogen-bond donors (Lipinski definition) is 1. The third kappa shape index (κ3) is 7.87. The van der Waals surface area contributed by atoms with Crippen molar-refractivity contribution >= 4 is 27.8 Å². The highest BCUT2D eigenvalue weighted by Crippen LogP contribution is 2.33. The number of benzene rings is 3. The smallest absolute Gasteiger partial charge is 0.260 e. The van der Waals surface area contributed by atoms with Crippen molar-refractivity contribution in [1.29, 1.82) is 0 Å². The number of sulfonamides is 1. The number of rotatable bonds is 13. The number of hydrogen-bond acceptors (Lipinski definition) is 8. The second-order valence-electron chi connectivity index (χ2n) is 8.01. The van der Waals surface area contributed by atoms with Gasteiger partial charge in [-0.2, -0.15) is 5.10 Å². The molecule has 1 N–H and O–H groups in total. The molecule has 0 aliphatic rings. The molecule has 0 saturated heterocycles. The highest BCUT2D eigenvalue weighted by Gasteiger charge is 2.24. The van der Waals surface area contributed by atoms with Gasteiger partial charge in [-0.1, -0.05) is 30.3 Å². The van der Waals surface area contributed by atoms with E-state index in [-0.39, 0.29) is 11.4 Å². The van der Waals surface area contributed by atoms with Crippen molar-refractivity contribution in [3.63, 3.8) is 0 Å². The molecule has 202 valence electrons. The van der Waals surface area contributed by atoms with Crippen LogP contribution in [0.25, 0.3) is 0 Å². The molecule has 3 aromatic carbocycles. The third-order valence-electron chi connectivity index (χ3n) is 5.25. The molecule has 0 bridgehead atoms. The summed E-state index contributed by atoms with van der Waals surface area (Å²) in [4.78, 5) is 12.6. The maximum Gasteiger partial charge on any atom is 0.260 e. The highest BCUT2D eigenvalue weighted by atomic mass is 32.2. The van der Waals surface area contributed by atoms with E-state index in [0.717, 1.165) is 16.1 Å². The van der Waals surface area contributed by atoms with Crippen LogP contribution in [0.4, 0.5) is 5.69 Å². The van der Waals surface area contributed by atoms with Gasteiger partial charge in [0.1, 0.15) is 24.7 Å². The van der Waals surface area contributed by atoms with Gasteiger partial charge in [0, 0.05) is 6.07 Å². The second-order valence-corrected chi connectivity index (χ2v) is 9.92. The summed E-state index contributed by atoms with van der Waals surface area (Å²) in [6.45, 7) is 2.18. The Morgan fingerprint density at radius 3 is 2.34 bits per heavy atom. The van der Waals surface area contributed by atoms with Gasteiger partial charge in [-0.15, -0.1) is 0 Å². The molecule has 0 heterocycles. The van der Waals surface area contributed by atoms with Crippen LogP contribution in [0.5, 0.6) is 23.0 Å². The number of anilines is 1. The van der Waals surface area contributed by atoms with Crippen LogP contribution in [0.15, 0.2) is 71.8 Å². The van der Waals surface area contributed by atoms with E-state index in [4.69, 9.17) is 18.9 Å². The van der Waals surface area contributed by atoms with Crippen molar-refractivity contribution in [3.05, 3.63) is 77.9 Å². The summed E-state index contributed by atoms with van der Waals surface area (Å²) in [5.74, 6) is 1.14. The van der Waals surface area contributed by atoms with Crippen LogP contribution in [0.3, 0.4) is 0 Å². The molecule has 0 aromatic heterocycles. The molecule has 0 atom stereocenters. The summed E-state index contributed by atoms with van der Waals surface area (Å²) in [7, 11) is -0.973. The Morgan fingerprint density at radius 1 is 0.947 bits per heavy atom. The first-order chi connectivity index (χ1) is 18.2. The Morgan fingerprint density at radius 2 is 1.68 bits per heavy atom. The zero-order valence-corrected chi connectivity index (χ0v) is 22.5.